The summed E-state index contributed by atoms with van der Waals surface area (Å²) in [4.78, 5) is 0. The first-order valence-corrected chi connectivity index (χ1v) is 5.55. The second-order valence-corrected chi connectivity index (χ2v) is 3.56. The highest BCUT2D eigenvalue weighted by atomic mass is 16.5. The summed E-state index contributed by atoms with van der Waals surface area (Å²) >= 11 is 0. The Morgan fingerprint density at radius 2 is 1.71 bits per heavy atom. The van der Waals surface area contributed by atoms with Crippen molar-refractivity contribution in [2.45, 2.75) is 32.6 Å². The molecule has 1 heteroatoms. The summed E-state index contributed by atoms with van der Waals surface area (Å²) in [5.74, 6) is 0. The van der Waals surface area contributed by atoms with E-state index in [0.29, 0.717) is 0 Å². The van der Waals surface area contributed by atoms with Crippen LogP contribution < -0.4 is 0 Å². The lowest BCUT2D eigenvalue weighted by atomic mass is 10.1. The number of rotatable bonds is 7. The van der Waals surface area contributed by atoms with Crippen LogP contribution in [0.25, 0.3) is 0 Å². The van der Waals surface area contributed by atoms with Gasteiger partial charge in [0.25, 0.3) is 0 Å². The highest BCUT2D eigenvalue weighted by Crippen LogP contribution is 2.02. The van der Waals surface area contributed by atoms with Crippen LogP contribution in [0, 0.1) is 0 Å². The maximum Gasteiger partial charge on any atom is 0.0469 e. The van der Waals surface area contributed by atoms with E-state index in [1.54, 1.807) is 0 Å². The Morgan fingerprint density at radius 1 is 1.00 bits per heavy atom. The SMILES string of the molecule is CCCCOCCCc1ccccc1. The van der Waals surface area contributed by atoms with E-state index in [2.05, 4.69) is 37.3 Å². The fourth-order valence-electron chi connectivity index (χ4n) is 1.37. The summed E-state index contributed by atoms with van der Waals surface area (Å²) < 4.78 is 5.50. The van der Waals surface area contributed by atoms with E-state index in [0.717, 1.165) is 26.1 Å². The van der Waals surface area contributed by atoms with E-state index in [1.807, 2.05) is 0 Å². The van der Waals surface area contributed by atoms with Crippen LogP contribution in [0.2, 0.25) is 0 Å². The third-order valence-corrected chi connectivity index (χ3v) is 2.24. The molecule has 0 heterocycles. The average Bonchev–Trinajstić information content (AvgIpc) is 2.25. The molecule has 1 aromatic carbocycles. The first-order valence-electron chi connectivity index (χ1n) is 5.55. The van der Waals surface area contributed by atoms with Crippen LogP contribution in [-0.4, -0.2) is 13.2 Å². The van der Waals surface area contributed by atoms with E-state index in [-0.39, 0.29) is 0 Å². The molecule has 78 valence electrons. The summed E-state index contributed by atoms with van der Waals surface area (Å²) in [6, 6.07) is 10.6. The molecule has 0 bridgehead atoms. The molecule has 14 heavy (non-hydrogen) atoms. The lowest BCUT2D eigenvalue weighted by Crippen LogP contribution is -1.98. The van der Waals surface area contributed by atoms with Crippen molar-refractivity contribution in [3.05, 3.63) is 35.9 Å². The van der Waals surface area contributed by atoms with Gasteiger partial charge >= 0.3 is 0 Å². The molecule has 0 radical (unpaired) electrons. The molecular weight excluding hydrogens is 172 g/mol. The van der Waals surface area contributed by atoms with Gasteiger partial charge in [-0.25, -0.2) is 0 Å². The van der Waals surface area contributed by atoms with Crippen LogP contribution in [0.1, 0.15) is 31.7 Å². The molecule has 0 aliphatic heterocycles. The Balaban J connectivity index is 1.99. The monoisotopic (exact) mass is 192 g/mol. The van der Waals surface area contributed by atoms with E-state index >= 15 is 0 Å². The van der Waals surface area contributed by atoms with Crippen LogP contribution in [0.4, 0.5) is 0 Å². The molecule has 0 atom stereocenters. The third kappa shape index (κ3) is 5.03. The van der Waals surface area contributed by atoms with Gasteiger partial charge in [0, 0.05) is 13.2 Å². The summed E-state index contributed by atoms with van der Waals surface area (Å²) in [7, 11) is 0. The lowest BCUT2D eigenvalue weighted by molar-refractivity contribution is 0.129. The standard InChI is InChI=1S/C13H20O/c1-2-3-11-14-12-7-10-13-8-5-4-6-9-13/h4-6,8-9H,2-3,7,10-12H2,1H3. The molecule has 0 unspecified atom stereocenters. The number of aryl methyl sites for hydroxylation is 1. The van der Waals surface area contributed by atoms with Gasteiger partial charge in [-0.1, -0.05) is 43.7 Å². The van der Waals surface area contributed by atoms with Crippen molar-refractivity contribution < 1.29 is 4.74 Å². The van der Waals surface area contributed by atoms with Crippen molar-refractivity contribution >= 4 is 0 Å². The fourth-order valence-corrected chi connectivity index (χ4v) is 1.37. The Morgan fingerprint density at radius 3 is 2.43 bits per heavy atom. The number of hydrogen-bond donors (Lipinski definition) is 0. The second-order valence-electron chi connectivity index (χ2n) is 3.56. The molecule has 0 fully saturated rings. The van der Waals surface area contributed by atoms with Gasteiger partial charge < -0.3 is 4.74 Å². The van der Waals surface area contributed by atoms with Gasteiger partial charge in [0.15, 0.2) is 0 Å². The highest BCUT2D eigenvalue weighted by molar-refractivity contribution is 5.14. The Kier molecular flexibility index (Phi) is 6.09. The van der Waals surface area contributed by atoms with Crippen molar-refractivity contribution in [2.75, 3.05) is 13.2 Å². The van der Waals surface area contributed by atoms with Gasteiger partial charge in [0.1, 0.15) is 0 Å². The van der Waals surface area contributed by atoms with Crippen LogP contribution >= 0.6 is 0 Å². The molecule has 0 aliphatic carbocycles. The smallest absolute Gasteiger partial charge is 0.0469 e. The normalized spacial score (nSPS) is 10.4. The molecule has 0 saturated carbocycles. The zero-order chi connectivity index (χ0) is 10.1. The molecule has 0 amide bonds. The van der Waals surface area contributed by atoms with Crippen LogP contribution in [-0.2, 0) is 11.2 Å². The first kappa shape index (κ1) is 11.3. The zero-order valence-electron chi connectivity index (χ0n) is 9.04. The molecule has 0 aliphatic rings. The topological polar surface area (TPSA) is 9.23 Å². The van der Waals surface area contributed by atoms with Crippen LogP contribution in [0.5, 0.6) is 0 Å². The summed E-state index contributed by atoms with van der Waals surface area (Å²) in [6.45, 7) is 4.01. The minimum atomic E-state index is 0.898. The maximum atomic E-state index is 5.50. The predicted octanol–water partition coefficient (Wildman–Crippen LogP) is 3.44. The quantitative estimate of drug-likeness (QED) is 0.601. The van der Waals surface area contributed by atoms with Gasteiger partial charge in [-0.2, -0.15) is 0 Å². The second kappa shape index (κ2) is 7.57. The fraction of sp³-hybridized carbons (Fsp3) is 0.538. The van der Waals surface area contributed by atoms with Gasteiger partial charge in [0.2, 0.25) is 0 Å². The van der Waals surface area contributed by atoms with Crippen molar-refractivity contribution in [3.63, 3.8) is 0 Å². The van der Waals surface area contributed by atoms with Gasteiger partial charge in [-0.15, -0.1) is 0 Å². The van der Waals surface area contributed by atoms with Crippen LogP contribution in [0.15, 0.2) is 30.3 Å². The van der Waals surface area contributed by atoms with Crippen molar-refractivity contribution in [1.29, 1.82) is 0 Å². The van der Waals surface area contributed by atoms with E-state index in [1.165, 1.54) is 18.4 Å². The molecule has 0 aromatic heterocycles. The maximum absolute atomic E-state index is 5.50. The third-order valence-electron chi connectivity index (χ3n) is 2.24. The molecule has 0 spiro atoms. The lowest BCUT2D eigenvalue weighted by Gasteiger charge is -2.03. The van der Waals surface area contributed by atoms with E-state index in [4.69, 9.17) is 4.74 Å². The van der Waals surface area contributed by atoms with Crippen molar-refractivity contribution in [2.24, 2.45) is 0 Å². The summed E-state index contributed by atoms with van der Waals surface area (Å²) in [5, 5.41) is 0. The zero-order valence-corrected chi connectivity index (χ0v) is 9.04. The highest BCUT2D eigenvalue weighted by Gasteiger charge is 1.92. The number of benzene rings is 1. The Labute approximate surface area is 87.1 Å². The van der Waals surface area contributed by atoms with Gasteiger partial charge in [-0.05, 0) is 24.8 Å². The summed E-state index contributed by atoms with van der Waals surface area (Å²) in [5.41, 5.74) is 1.41. The van der Waals surface area contributed by atoms with E-state index < -0.39 is 0 Å². The number of hydrogen-bond acceptors (Lipinski definition) is 1. The van der Waals surface area contributed by atoms with Gasteiger partial charge in [-0.3, -0.25) is 0 Å². The number of ether oxygens (including phenoxy) is 1. The number of unbranched alkanes of at least 4 members (excludes halogenated alkanes) is 1. The molecule has 1 nitrogen and oxygen atoms in total. The summed E-state index contributed by atoms with van der Waals surface area (Å²) in [6.07, 6.45) is 4.67. The minimum Gasteiger partial charge on any atom is -0.381 e. The molecule has 0 N–H and O–H groups in total. The average molecular weight is 192 g/mol. The molecule has 1 aromatic rings. The van der Waals surface area contributed by atoms with Gasteiger partial charge in [0.05, 0.1) is 0 Å². The Bertz CT molecular complexity index is 218. The Hall–Kier alpha value is -0.820. The first-order chi connectivity index (χ1) is 6.93. The van der Waals surface area contributed by atoms with E-state index in [9.17, 15) is 0 Å². The molecular formula is C13H20O. The molecule has 0 saturated heterocycles. The minimum absolute atomic E-state index is 0.898. The molecule has 1 rings (SSSR count). The predicted molar refractivity (Wildman–Crippen MR) is 60.5 cm³/mol. The largest absolute Gasteiger partial charge is 0.381 e. The van der Waals surface area contributed by atoms with Crippen LogP contribution in [0.3, 0.4) is 0 Å². The van der Waals surface area contributed by atoms with Crippen molar-refractivity contribution in [3.8, 4) is 0 Å². The van der Waals surface area contributed by atoms with Crippen molar-refractivity contribution in [1.82, 2.24) is 0 Å².